The first kappa shape index (κ1) is 28.0. The third kappa shape index (κ3) is 5.32. The summed E-state index contributed by atoms with van der Waals surface area (Å²) in [6.07, 6.45) is 0.409. The van der Waals surface area contributed by atoms with E-state index < -0.39 is 42.6 Å². The number of halogens is 2. The second-order valence-electron chi connectivity index (χ2n) is 9.45. The largest absolute Gasteiger partial charge is 0.493 e. The molecule has 0 radical (unpaired) electrons. The highest BCUT2D eigenvalue weighted by atomic mass is 32.1. The van der Waals surface area contributed by atoms with Crippen LogP contribution in [0.3, 0.4) is 0 Å². The molecular weight excluding hydrogens is 558 g/mol. The molecule has 10 nitrogen and oxygen atoms in total. The first-order valence-corrected chi connectivity index (χ1v) is 13.4. The average Bonchev–Trinajstić information content (AvgIpc) is 3.69. The molecule has 3 aromatic rings. The molecule has 1 N–H and O–H groups in total. The van der Waals surface area contributed by atoms with Crippen molar-refractivity contribution >= 4 is 34.9 Å². The maximum Gasteiger partial charge on any atom is 0.387 e. The molecule has 0 saturated carbocycles. The minimum atomic E-state index is -3.00. The van der Waals surface area contributed by atoms with Crippen LogP contribution in [0.2, 0.25) is 0 Å². The van der Waals surface area contributed by atoms with E-state index in [1.807, 2.05) is 23.6 Å². The van der Waals surface area contributed by atoms with Gasteiger partial charge in [0.25, 0.3) is 11.8 Å². The highest BCUT2D eigenvalue weighted by Crippen LogP contribution is 2.38. The minimum absolute atomic E-state index is 0.0919. The van der Waals surface area contributed by atoms with Crippen LogP contribution in [0.25, 0.3) is 0 Å². The Bertz CT molecular complexity index is 1500. The molecule has 2 aromatic carbocycles. The molecule has 0 bridgehead atoms. The zero-order chi connectivity index (χ0) is 29.3. The molecule has 0 spiro atoms. The van der Waals surface area contributed by atoms with Crippen LogP contribution in [0.4, 0.5) is 13.6 Å². The molecule has 2 aliphatic heterocycles. The second kappa shape index (κ2) is 11.2. The number of hydrogen-bond donors (Lipinski definition) is 1. The van der Waals surface area contributed by atoms with E-state index in [1.165, 1.54) is 61.8 Å². The van der Waals surface area contributed by atoms with Crippen molar-refractivity contribution in [3.63, 3.8) is 0 Å². The normalized spacial score (nSPS) is 20.3. The van der Waals surface area contributed by atoms with Crippen LogP contribution in [-0.4, -0.2) is 60.8 Å². The number of imide groups is 1. The van der Waals surface area contributed by atoms with Crippen LogP contribution >= 0.6 is 11.3 Å². The van der Waals surface area contributed by atoms with Gasteiger partial charge in [0.15, 0.2) is 11.5 Å². The van der Waals surface area contributed by atoms with Gasteiger partial charge in [-0.3, -0.25) is 14.5 Å². The lowest BCUT2D eigenvalue weighted by atomic mass is 9.92. The highest BCUT2D eigenvalue weighted by Gasteiger charge is 2.50. The van der Waals surface area contributed by atoms with Crippen LogP contribution in [0.15, 0.2) is 65.1 Å². The van der Waals surface area contributed by atoms with Gasteiger partial charge < -0.3 is 19.5 Å². The Labute approximate surface area is 238 Å². The number of carbonyl (C=O) groups is 3. The third-order valence-corrected chi connectivity index (χ3v) is 7.91. The Hall–Kier alpha value is -4.52. The summed E-state index contributed by atoms with van der Waals surface area (Å²) in [7, 11) is 3.04. The summed E-state index contributed by atoms with van der Waals surface area (Å²) in [6, 6.07) is 13.2. The van der Waals surface area contributed by atoms with Gasteiger partial charge in [-0.05, 0) is 53.8 Å². The van der Waals surface area contributed by atoms with Crippen LogP contribution in [0, 0.1) is 0 Å². The van der Waals surface area contributed by atoms with Gasteiger partial charge >= 0.3 is 12.6 Å². The number of nitrogens with zero attached hydrogens (tertiary/aromatic N) is 3. The van der Waals surface area contributed by atoms with Crippen LogP contribution < -0.4 is 19.5 Å². The summed E-state index contributed by atoms with van der Waals surface area (Å²) in [5.74, 6) is -0.311. The first-order chi connectivity index (χ1) is 19.6. The summed E-state index contributed by atoms with van der Waals surface area (Å²) in [5.41, 5.74) is 0.260. The maximum absolute atomic E-state index is 13.7. The molecule has 1 saturated heterocycles. The first-order valence-electron chi connectivity index (χ1n) is 12.5. The second-order valence-corrected chi connectivity index (χ2v) is 10.4. The zero-order valence-electron chi connectivity index (χ0n) is 22.3. The highest BCUT2D eigenvalue weighted by molar-refractivity contribution is 7.12. The number of nitrogens with one attached hydrogen (secondary N) is 1. The summed E-state index contributed by atoms with van der Waals surface area (Å²) in [5, 5.41) is 10.4. The molecule has 0 aliphatic carbocycles. The SMILES string of the molecule is COc1ccc([C@@H]2CC(c3cccs3)=NN2C(=O)CN2C(=O)N[C@](C)(c3ccc(OC(F)F)cc3)C2=O)cc1OC. The molecule has 41 heavy (non-hydrogen) atoms. The van der Waals surface area contributed by atoms with Gasteiger partial charge in [0.05, 0.1) is 30.9 Å². The molecule has 214 valence electrons. The van der Waals surface area contributed by atoms with Crippen LogP contribution in [0.5, 0.6) is 17.2 Å². The Morgan fingerprint density at radius 1 is 1.12 bits per heavy atom. The van der Waals surface area contributed by atoms with Gasteiger partial charge in [-0.2, -0.15) is 13.9 Å². The number of hydrazone groups is 1. The summed E-state index contributed by atoms with van der Waals surface area (Å²) >= 11 is 1.49. The van der Waals surface area contributed by atoms with Gasteiger partial charge in [-0.15, -0.1) is 11.3 Å². The monoisotopic (exact) mass is 584 g/mol. The fourth-order valence-corrected chi connectivity index (χ4v) is 5.59. The molecule has 2 aliphatic rings. The molecule has 2 atom stereocenters. The van der Waals surface area contributed by atoms with Crippen molar-refractivity contribution in [2.45, 2.75) is 31.5 Å². The molecule has 1 fully saturated rings. The number of methoxy groups -OCH3 is 2. The lowest BCUT2D eigenvalue weighted by Crippen LogP contribution is -2.43. The minimum Gasteiger partial charge on any atom is -0.493 e. The van der Waals surface area contributed by atoms with Crippen molar-refractivity contribution in [1.82, 2.24) is 15.2 Å². The molecular formula is C28H26F2N4O6S. The van der Waals surface area contributed by atoms with Crippen molar-refractivity contribution in [2.75, 3.05) is 20.8 Å². The fraction of sp³-hybridized carbons (Fsp3) is 0.286. The lowest BCUT2D eigenvalue weighted by molar-refractivity contribution is -0.140. The number of carbonyl (C=O) groups excluding carboxylic acids is 3. The standard InChI is InChI=1S/C28H26F2N4O6S/c1-28(17-7-9-18(10-8-17)40-26(29)30)25(36)33(27(37)31-28)15-24(35)34-20(14-19(32-34)23-5-4-12-41-23)16-6-11-21(38-2)22(13-16)39-3/h4-13,20,26H,14-15H2,1-3H3,(H,31,37)/t20-,28+/m0/s1. The van der Waals surface area contributed by atoms with Crippen molar-refractivity contribution < 1.29 is 37.4 Å². The molecule has 13 heteroatoms. The maximum atomic E-state index is 13.7. The topological polar surface area (TPSA) is 110 Å². The van der Waals surface area contributed by atoms with Crippen molar-refractivity contribution in [3.05, 3.63) is 76.0 Å². The molecule has 5 rings (SSSR count). The number of benzene rings is 2. The van der Waals surface area contributed by atoms with Gasteiger partial charge in [0.1, 0.15) is 17.8 Å². The number of thiophene rings is 1. The summed E-state index contributed by atoms with van der Waals surface area (Å²) < 4.78 is 40.2. The van der Waals surface area contributed by atoms with Gasteiger partial charge in [0, 0.05) is 6.42 Å². The zero-order valence-corrected chi connectivity index (χ0v) is 23.1. The van der Waals surface area contributed by atoms with E-state index in [2.05, 4.69) is 15.2 Å². The van der Waals surface area contributed by atoms with E-state index in [0.29, 0.717) is 29.2 Å². The summed E-state index contributed by atoms with van der Waals surface area (Å²) in [6.45, 7) is -2.07. The Kier molecular flexibility index (Phi) is 7.63. The van der Waals surface area contributed by atoms with Gasteiger partial charge in [-0.1, -0.05) is 24.3 Å². The summed E-state index contributed by atoms with van der Waals surface area (Å²) in [4.78, 5) is 41.8. The van der Waals surface area contributed by atoms with Crippen molar-refractivity contribution in [3.8, 4) is 17.2 Å². The predicted octanol–water partition coefficient (Wildman–Crippen LogP) is 4.51. The van der Waals surface area contributed by atoms with Crippen LogP contribution in [-0.2, 0) is 15.1 Å². The van der Waals surface area contributed by atoms with E-state index in [4.69, 9.17) is 9.47 Å². The molecule has 3 heterocycles. The van der Waals surface area contributed by atoms with E-state index in [-0.39, 0.29) is 5.75 Å². The number of alkyl halides is 2. The Morgan fingerprint density at radius 2 is 1.85 bits per heavy atom. The number of urea groups is 1. The molecule has 0 unspecified atom stereocenters. The van der Waals surface area contributed by atoms with Gasteiger partial charge in [0.2, 0.25) is 0 Å². The van der Waals surface area contributed by atoms with Crippen molar-refractivity contribution in [2.24, 2.45) is 5.10 Å². The smallest absolute Gasteiger partial charge is 0.387 e. The predicted molar refractivity (Wildman–Crippen MR) is 145 cm³/mol. The quantitative estimate of drug-likeness (QED) is 0.371. The van der Waals surface area contributed by atoms with Crippen LogP contribution in [0.1, 0.15) is 35.4 Å². The number of hydrogen-bond acceptors (Lipinski definition) is 8. The van der Waals surface area contributed by atoms with Gasteiger partial charge in [-0.25, -0.2) is 9.80 Å². The van der Waals surface area contributed by atoms with E-state index >= 15 is 0 Å². The fourth-order valence-electron chi connectivity index (χ4n) is 4.87. The Balaban J connectivity index is 1.40. The van der Waals surface area contributed by atoms with E-state index in [9.17, 15) is 23.2 Å². The molecule has 1 aromatic heterocycles. The number of rotatable bonds is 9. The number of ether oxygens (including phenoxy) is 3. The molecule has 4 amide bonds. The average molecular weight is 585 g/mol. The lowest BCUT2D eigenvalue weighted by Gasteiger charge is -2.25. The van der Waals surface area contributed by atoms with E-state index in [0.717, 1.165) is 15.3 Å². The van der Waals surface area contributed by atoms with E-state index in [1.54, 1.807) is 12.1 Å². The Morgan fingerprint density at radius 3 is 2.49 bits per heavy atom. The third-order valence-electron chi connectivity index (χ3n) is 6.99. The van der Waals surface area contributed by atoms with Crippen molar-refractivity contribution in [1.29, 1.82) is 0 Å². The number of amides is 4.